The highest BCUT2D eigenvalue weighted by molar-refractivity contribution is 7.16. The van der Waals surface area contributed by atoms with Gasteiger partial charge in [0.25, 0.3) is 0 Å². The summed E-state index contributed by atoms with van der Waals surface area (Å²) >= 11 is 1.19. The first-order valence-corrected chi connectivity index (χ1v) is 11.6. The zero-order chi connectivity index (χ0) is 23.0. The van der Waals surface area contributed by atoms with Crippen molar-refractivity contribution in [3.05, 3.63) is 45.0 Å². The van der Waals surface area contributed by atoms with E-state index >= 15 is 4.39 Å². The normalized spacial score (nSPS) is 23.4. The summed E-state index contributed by atoms with van der Waals surface area (Å²) in [6.45, 7) is 1.29. The number of benzene rings is 1. The van der Waals surface area contributed by atoms with Gasteiger partial charge in [-0.3, -0.25) is 14.2 Å². The van der Waals surface area contributed by atoms with E-state index in [0.29, 0.717) is 51.3 Å². The van der Waals surface area contributed by atoms with E-state index in [1.807, 2.05) is 11.0 Å². The molecule has 2 aliphatic rings. The van der Waals surface area contributed by atoms with Gasteiger partial charge in [-0.25, -0.2) is 9.18 Å². The molecule has 3 atom stereocenters. The van der Waals surface area contributed by atoms with E-state index in [1.165, 1.54) is 17.4 Å². The highest BCUT2D eigenvalue weighted by Crippen LogP contribution is 2.43. The van der Waals surface area contributed by atoms with Gasteiger partial charge < -0.3 is 19.8 Å². The topological polar surface area (TPSA) is 104 Å². The van der Waals surface area contributed by atoms with Gasteiger partial charge in [-0.2, -0.15) is 0 Å². The van der Waals surface area contributed by atoms with Crippen LogP contribution in [0.5, 0.6) is 5.75 Å². The van der Waals surface area contributed by atoms with Crippen molar-refractivity contribution in [3.63, 3.8) is 0 Å². The van der Waals surface area contributed by atoms with Crippen LogP contribution in [-0.2, 0) is 0 Å². The number of aromatic nitrogens is 1. The Kier molecular flexibility index (Phi) is 4.40. The number of hydrogen-bond acceptors (Lipinski definition) is 7. The van der Waals surface area contributed by atoms with Crippen molar-refractivity contribution in [3.8, 4) is 5.75 Å². The number of thiazole rings is 1. The molecule has 1 fully saturated rings. The number of allylic oxidation sites excluding steroid dienone is 1. The van der Waals surface area contributed by atoms with Crippen LogP contribution in [-0.4, -0.2) is 47.5 Å². The molecule has 4 aromatic rings. The van der Waals surface area contributed by atoms with Crippen LogP contribution in [0.2, 0.25) is 0 Å². The highest BCUT2D eigenvalue weighted by Gasteiger charge is 2.40. The van der Waals surface area contributed by atoms with Gasteiger partial charge >= 0.3 is 6.16 Å². The minimum absolute atomic E-state index is 0.0383. The summed E-state index contributed by atoms with van der Waals surface area (Å²) in [5.41, 5.74) is 0.929. The maximum atomic E-state index is 15.7. The largest absolute Gasteiger partial charge is 0.511 e. The molecule has 1 aliphatic heterocycles. The summed E-state index contributed by atoms with van der Waals surface area (Å²) < 4.78 is 22.3. The van der Waals surface area contributed by atoms with Crippen LogP contribution >= 0.6 is 11.3 Å². The van der Waals surface area contributed by atoms with Gasteiger partial charge in [-0.05, 0) is 24.3 Å². The third-order valence-electron chi connectivity index (χ3n) is 7.10. The Balaban J connectivity index is 1.65. The molecular weight excluding hydrogens is 449 g/mol. The van der Waals surface area contributed by atoms with E-state index in [1.54, 1.807) is 16.8 Å². The summed E-state index contributed by atoms with van der Waals surface area (Å²) in [5, 5.41) is 21.9. The maximum Gasteiger partial charge on any atom is 0.511 e. The van der Waals surface area contributed by atoms with E-state index in [4.69, 9.17) is 9.84 Å². The highest BCUT2D eigenvalue weighted by atomic mass is 32.1. The van der Waals surface area contributed by atoms with Gasteiger partial charge in [0.2, 0.25) is 11.2 Å². The van der Waals surface area contributed by atoms with E-state index < -0.39 is 17.4 Å². The monoisotopic (exact) mass is 469 g/mol. The number of aliphatic hydroxyl groups excluding tert-OH is 1. The quantitative estimate of drug-likeness (QED) is 0.353. The first-order valence-electron chi connectivity index (χ1n) is 10.7. The third kappa shape index (κ3) is 2.67. The Labute approximate surface area is 190 Å². The molecule has 170 valence electrons. The van der Waals surface area contributed by atoms with Gasteiger partial charge in [0.15, 0.2) is 0 Å². The fourth-order valence-electron chi connectivity index (χ4n) is 5.77. The number of ether oxygens (including phenoxy) is 1. The minimum Gasteiger partial charge on any atom is -0.449 e. The van der Waals surface area contributed by atoms with Crippen LogP contribution < -0.4 is 20.4 Å². The lowest BCUT2D eigenvalue weighted by Gasteiger charge is -2.26. The molecule has 4 heterocycles. The average molecular weight is 469 g/mol. The first-order chi connectivity index (χ1) is 15.9. The number of anilines is 1. The van der Waals surface area contributed by atoms with Crippen molar-refractivity contribution in [1.82, 2.24) is 4.40 Å². The number of halogens is 1. The second kappa shape index (κ2) is 7.13. The van der Waals surface area contributed by atoms with E-state index in [0.717, 1.165) is 6.42 Å². The van der Waals surface area contributed by atoms with Crippen LogP contribution in [0, 0.1) is 23.6 Å². The molecular formula is C23H20FN3O5S. The molecule has 1 aromatic carbocycles. The Bertz CT molecular complexity index is 1570. The molecule has 8 nitrogen and oxygen atoms in total. The molecule has 0 amide bonds. The SMILES string of the molecule is CN=c1c2c(N3CC4CC=CC(CO)C4C3)c(F)cc3c(=O)c(OC(=O)O)c4scc1n4c32. The van der Waals surface area contributed by atoms with Crippen molar-refractivity contribution < 1.29 is 24.1 Å². The van der Waals surface area contributed by atoms with Gasteiger partial charge in [0.1, 0.15) is 10.6 Å². The van der Waals surface area contributed by atoms with Crippen LogP contribution in [0.4, 0.5) is 14.9 Å². The summed E-state index contributed by atoms with van der Waals surface area (Å²) in [4.78, 5) is 31.2. The molecule has 6 rings (SSSR count). The van der Waals surface area contributed by atoms with Crippen LogP contribution in [0.3, 0.4) is 0 Å². The third-order valence-corrected chi connectivity index (χ3v) is 8.04. The minimum atomic E-state index is -1.60. The summed E-state index contributed by atoms with van der Waals surface area (Å²) in [7, 11) is 1.62. The predicted molar refractivity (Wildman–Crippen MR) is 123 cm³/mol. The number of aliphatic hydroxyl groups is 1. The standard InChI is InChI=1S/C23H20FN3O5S/c1-25-17-15-9-33-22-21(32-23(30)31)20(29)12-5-14(24)19(16(17)18(12)27(15)22)26-6-10-3-2-4-11(8-28)13(10)7-26/h2,4-5,9-11,13,28H,3,6-8H2,1H3,(H,30,31). The van der Waals surface area contributed by atoms with Crippen molar-refractivity contribution in [1.29, 1.82) is 0 Å². The fraction of sp³-hybridized carbons (Fsp3) is 0.348. The van der Waals surface area contributed by atoms with Crippen LogP contribution in [0.15, 0.2) is 33.4 Å². The molecule has 2 N–H and O–H groups in total. The molecule has 0 spiro atoms. The van der Waals surface area contributed by atoms with E-state index in [-0.39, 0.29) is 29.6 Å². The van der Waals surface area contributed by atoms with Crippen LogP contribution in [0.1, 0.15) is 6.42 Å². The molecule has 0 radical (unpaired) electrons. The Morgan fingerprint density at radius 2 is 2.21 bits per heavy atom. The number of hydrogen-bond donors (Lipinski definition) is 2. The second-order valence-corrected chi connectivity index (χ2v) is 9.54. The number of rotatable bonds is 3. The van der Waals surface area contributed by atoms with Gasteiger partial charge in [0.05, 0.1) is 32.9 Å². The van der Waals surface area contributed by atoms with Crippen molar-refractivity contribution in [2.75, 3.05) is 31.6 Å². The number of pyridine rings is 1. The van der Waals surface area contributed by atoms with Gasteiger partial charge in [0, 0.05) is 38.0 Å². The predicted octanol–water partition coefficient (Wildman–Crippen LogP) is 2.89. The number of carbonyl (C=O) groups is 1. The first kappa shape index (κ1) is 20.4. The molecule has 0 saturated carbocycles. The Hall–Kier alpha value is -3.24. The second-order valence-electron chi connectivity index (χ2n) is 8.68. The summed E-state index contributed by atoms with van der Waals surface area (Å²) in [6.07, 6.45) is 3.41. The lowest BCUT2D eigenvalue weighted by molar-refractivity contribution is 0.144. The lowest BCUT2D eigenvalue weighted by Crippen LogP contribution is -2.27. The Morgan fingerprint density at radius 1 is 1.39 bits per heavy atom. The zero-order valence-corrected chi connectivity index (χ0v) is 18.4. The van der Waals surface area contributed by atoms with Gasteiger partial charge in [-0.1, -0.05) is 12.2 Å². The number of carboxylic acid groups (broad SMARTS) is 1. The molecule has 1 aliphatic carbocycles. The molecule has 3 unspecified atom stereocenters. The average Bonchev–Trinajstić information content (AvgIpc) is 3.48. The smallest absolute Gasteiger partial charge is 0.449 e. The molecule has 0 bridgehead atoms. The van der Waals surface area contributed by atoms with E-state index in [2.05, 4.69) is 11.1 Å². The van der Waals surface area contributed by atoms with E-state index in [9.17, 15) is 14.7 Å². The van der Waals surface area contributed by atoms with Crippen molar-refractivity contribution in [2.45, 2.75) is 6.42 Å². The number of fused-ring (bicyclic) bond motifs is 1. The van der Waals surface area contributed by atoms with Crippen LogP contribution in [0.25, 0.3) is 26.6 Å². The molecule has 33 heavy (non-hydrogen) atoms. The lowest BCUT2D eigenvalue weighted by atomic mass is 9.78. The zero-order valence-electron chi connectivity index (χ0n) is 17.6. The van der Waals surface area contributed by atoms with Crippen molar-refractivity contribution in [2.24, 2.45) is 22.7 Å². The molecule has 1 saturated heterocycles. The molecule has 10 heteroatoms. The Morgan fingerprint density at radius 3 is 2.94 bits per heavy atom. The van der Waals surface area contributed by atoms with Gasteiger partial charge in [-0.15, -0.1) is 11.3 Å². The molecule has 3 aromatic heterocycles. The maximum absolute atomic E-state index is 15.7. The summed E-state index contributed by atoms with van der Waals surface area (Å²) in [5.74, 6) is -0.325. The fourth-order valence-corrected chi connectivity index (χ4v) is 6.74. The van der Waals surface area contributed by atoms with Crippen molar-refractivity contribution >= 4 is 49.8 Å². The summed E-state index contributed by atoms with van der Waals surface area (Å²) in [6, 6.07) is 1.18. The number of nitrogens with zero attached hydrogens (tertiary/aromatic N) is 3.